The van der Waals surface area contributed by atoms with Crippen molar-refractivity contribution in [3.63, 3.8) is 0 Å². The van der Waals surface area contributed by atoms with E-state index in [2.05, 4.69) is 59.0 Å². The van der Waals surface area contributed by atoms with Crippen molar-refractivity contribution < 1.29 is 23.7 Å². The van der Waals surface area contributed by atoms with Crippen LogP contribution in [0.5, 0.6) is 0 Å². The fourth-order valence-electron chi connectivity index (χ4n) is 4.17. The van der Waals surface area contributed by atoms with Crippen LogP contribution in [0.15, 0.2) is 91.0 Å². The minimum Gasteiger partial charge on any atom is -0.374 e. The Kier molecular flexibility index (Phi) is 10.8. The highest BCUT2D eigenvalue weighted by Gasteiger charge is 2.47. The first-order chi connectivity index (χ1) is 17.6. The molecule has 0 saturated carbocycles. The number of benzene rings is 3. The number of halogens is 1. The summed E-state index contributed by atoms with van der Waals surface area (Å²) in [4.78, 5) is 0. The van der Waals surface area contributed by atoms with Crippen LogP contribution >= 0.6 is 22.6 Å². The molecule has 0 radical (unpaired) electrons. The zero-order chi connectivity index (χ0) is 25.2. The van der Waals surface area contributed by atoms with E-state index in [1.54, 1.807) is 0 Å². The first kappa shape index (κ1) is 27.2. The Balaban J connectivity index is 1.52. The van der Waals surface area contributed by atoms with E-state index in [4.69, 9.17) is 23.7 Å². The second-order valence-electron chi connectivity index (χ2n) is 9.20. The molecule has 1 heterocycles. The van der Waals surface area contributed by atoms with Crippen LogP contribution in [0.1, 0.15) is 30.5 Å². The van der Waals surface area contributed by atoms with Crippen molar-refractivity contribution in [1.29, 1.82) is 0 Å². The molecule has 3 aromatic rings. The molecule has 1 aliphatic rings. The molecule has 0 N–H and O–H groups in total. The van der Waals surface area contributed by atoms with Gasteiger partial charge in [0.05, 0.1) is 36.5 Å². The van der Waals surface area contributed by atoms with Gasteiger partial charge in [0, 0.05) is 0 Å². The van der Waals surface area contributed by atoms with Gasteiger partial charge in [0.2, 0.25) is 0 Å². The summed E-state index contributed by atoms with van der Waals surface area (Å²) >= 11 is 2.39. The average molecular weight is 603 g/mol. The van der Waals surface area contributed by atoms with Gasteiger partial charge in [0.25, 0.3) is 0 Å². The number of hydrogen-bond acceptors (Lipinski definition) is 5. The third kappa shape index (κ3) is 8.10. The fourth-order valence-corrected chi connectivity index (χ4v) is 5.13. The highest BCUT2D eigenvalue weighted by molar-refractivity contribution is 14.1. The molecule has 4 rings (SSSR count). The minimum absolute atomic E-state index is 0.0229. The van der Waals surface area contributed by atoms with Crippen LogP contribution in [0.3, 0.4) is 0 Å². The van der Waals surface area contributed by atoms with Crippen molar-refractivity contribution in [3.05, 3.63) is 108 Å². The molecule has 1 aliphatic heterocycles. The number of rotatable bonds is 12. The fraction of sp³-hybridized carbons (Fsp3) is 0.400. The summed E-state index contributed by atoms with van der Waals surface area (Å²) in [7, 11) is 0. The molecule has 6 heteroatoms. The molecule has 192 valence electrons. The van der Waals surface area contributed by atoms with Crippen molar-refractivity contribution in [3.8, 4) is 0 Å². The Morgan fingerprint density at radius 1 is 0.694 bits per heavy atom. The van der Waals surface area contributed by atoms with Crippen LogP contribution in [0.25, 0.3) is 0 Å². The van der Waals surface area contributed by atoms with Gasteiger partial charge in [0.1, 0.15) is 18.3 Å². The monoisotopic (exact) mass is 602 g/mol. The predicted molar refractivity (Wildman–Crippen MR) is 149 cm³/mol. The number of hydrogen-bond donors (Lipinski definition) is 0. The predicted octanol–water partition coefficient (Wildman–Crippen LogP) is 6.33. The summed E-state index contributed by atoms with van der Waals surface area (Å²) in [6, 6.07) is 30.5. The lowest BCUT2D eigenvalue weighted by molar-refractivity contribution is -0.278. The summed E-state index contributed by atoms with van der Waals surface area (Å²) in [6.07, 6.45) is -1.30. The van der Waals surface area contributed by atoms with Gasteiger partial charge in [-0.15, -0.1) is 0 Å². The van der Waals surface area contributed by atoms with Gasteiger partial charge < -0.3 is 23.7 Å². The molecule has 0 spiro atoms. The Labute approximate surface area is 228 Å². The Bertz CT molecular complexity index is 1000. The summed E-state index contributed by atoms with van der Waals surface area (Å²) in [5.41, 5.74) is 3.34. The van der Waals surface area contributed by atoms with Gasteiger partial charge in [-0.3, -0.25) is 0 Å². The molecule has 1 saturated heterocycles. The van der Waals surface area contributed by atoms with Crippen molar-refractivity contribution in [1.82, 2.24) is 0 Å². The molecule has 0 aliphatic carbocycles. The van der Waals surface area contributed by atoms with Gasteiger partial charge in [-0.1, -0.05) is 114 Å². The Morgan fingerprint density at radius 3 is 1.67 bits per heavy atom. The quantitative estimate of drug-likeness (QED) is 0.179. The topological polar surface area (TPSA) is 46.2 Å². The van der Waals surface area contributed by atoms with E-state index in [0.717, 1.165) is 16.7 Å². The molecule has 0 amide bonds. The van der Waals surface area contributed by atoms with Gasteiger partial charge in [-0.25, -0.2) is 0 Å². The molecule has 3 aromatic carbocycles. The van der Waals surface area contributed by atoms with Gasteiger partial charge in [-0.05, 0) is 30.5 Å². The summed E-state index contributed by atoms with van der Waals surface area (Å²) in [5.74, 6) is 0. The maximum atomic E-state index is 6.54. The molecule has 1 fully saturated rings. The summed E-state index contributed by atoms with van der Waals surface area (Å²) in [5, 5.41) is 0. The standard InChI is InChI=1S/C30H35IO5/c1-22(2)35-30-27(31)29(34-20-25-16-10-5-11-17-25)28(33-19-24-14-8-4-9-15-24)26(36-30)21-32-18-23-12-6-3-7-13-23/h3-17,22,26-30H,18-21H2,1-2H3/t26-,27-,28-,29-,30-/m1/s1. The molecule has 5 nitrogen and oxygen atoms in total. The minimum atomic E-state index is -0.423. The second-order valence-corrected chi connectivity index (χ2v) is 10.6. The molecule has 36 heavy (non-hydrogen) atoms. The van der Waals surface area contributed by atoms with E-state index in [1.807, 2.05) is 68.4 Å². The van der Waals surface area contributed by atoms with E-state index < -0.39 is 6.29 Å². The smallest absolute Gasteiger partial charge is 0.172 e. The third-order valence-corrected chi connectivity index (χ3v) is 7.24. The Hall–Kier alpha value is -1.81. The van der Waals surface area contributed by atoms with Gasteiger partial charge >= 0.3 is 0 Å². The van der Waals surface area contributed by atoms with Crippen molar-refractivity contribution in [2.45, 2.75) is 68.3 Å². The third-order valence-electron chi connectivity index (χ3n) is 5.94. The maximum Gasteiger partial charge on any atom is 0.172 e. The van der Waals surface area contributed by atoms with E-state index >= 15 is 0 Å². The SMILES string of the molecule is CC(C)O[C@@H]1O[C@H](COCc2ccccc2)[C@@H](OCc2ccccc2)[C@H](OCc2ccccc2)[C@H]1I. The van der Waals surface area contributed by atoms with E-state index in [0.29, 0.717) is 26.4 Å². The van der Waals surface area contributed by atoms with Gasteiger partial charge in [0.15, 0.2) is 6.29 Å². The molecule has 0 aromatic heterocycles. The van der Waals surface area contributed by atoms with E-state index in [-0.39, 0.29) is 28.3 Å². The van der Waals surface area contributed by atoms with Crippen LogP contribution in [0.2, 0.25) is 0 Å². The Morgan fingerprint density at radius 2 is 1.17 bits per heavy atom. The number of ether oxygens (including phenoxy) is 5. The lowest BCUT2D eigenvalue weighted by Gasteiger charge is -2.44. The molecule has 0 unspecified atom stereocenters. The highest BCUT2D eigenvalue weighted by atomic mass is 127. The van der Waals surface area contributed by atoms with Crippen LogP contribution in [0.4, 0.5) is 0 Å². The summed E-state index contributed by atoms with van der Waals surface area (Å²) in [6.45, 7) is 5.87. The summed E-state index contributed by atoms with van der Waals surface area (Å²) < 4.78 is 31.8. The largest absolute Gasteiger partial charge is 0.374 e. The van der Waals surface area contributed by atoms with Crippen molar-refractivity contribution in [2.75, 3.05) is 6.61 Å². The first-order valence-electron chi connectivity index (χ1n) is 12.5. The number of alkyl halides is 1. The van der Waals surface area contributed by atoms with Gasteiger partial charge in [-0.2, -0.15) is 0 Å². The van der Waals surface area contributed by atoms with Crippen LogP contribution < -0.4 is 0 Å². The van der Waals surface area contributed by atoms with Crippen molar-refractivity contribution >= 4 is 22.6 Å². The zero-order valence-corrected chi connectivity index (χ0v) is 23.0. The second kappa shape index (κ2) is 14.2. The maximum absolute atomic E-state index is 6.54. The zero-order valence-electron chi connectivity index (χ0n) is 20.9. The lowest BCUT2D eigenvalue weighted by atomic mass is 10.0. The van der Waals surface area contributed by atoms with Crippen molar-refractivity contribution in [2.24, 2.45) is 0 Å². The highest BCUT2D eigenvalue weighted by Crippen LogP contribution is 2.33. The first-order valence-corrected chi connectivity index (χ1v) is 13.7. The van der Waals surface area contributed by atoms with E-state index in [1.165, 1.54) is 0 Å². The molecule has 0 bridgehead atoms. The molecular weight excluding hydrogens is 567 g/mol. The van der Waals surface area contributed by atoms with Crippen LogP contribution in [-0.2, 0) is 43.5 Å². The average Bonchev–Trinajstić information content (AvgIpc) is 2.90. The van der Waals surface area contributed by atoms with E-state index in [9.17, 15) is 0 Å². The lowest BCUT2D eigenvalue weighted by Crippen LogP contribution is -2.59. The molecular formula is C30H35IO5. The van der Waals surface area contributed by atoms with Crippen LogP contribution in [0, 0.1) is 0 Å². The normalized spacial score (nSPS) is 24.2. The van der Waals surface area contributed by atoms with Crippen LogP contribution in [-0.4, -0.2) is 41.2 Å². The molecule has 5 atom stereocenters.